The average molecular weight is 420 g/mol. The monoisotopic (exact) mass is 420 g/mol. The first-order chi connectivity index (χ1) is 15.1. The van der Waals surface area contributed by atoms with Gasteiger partial charge in [-0.05, 0) is 60.0 Å². The smallest absolute Gasteiger partial charge is 0.254 e. The predicted molar refractivity (Wildman–Crippen MR) is 115 cm³/mol. The summed E-state index contributed by atoms with van der Waals surface area (Å²) in [6, 6.07) is 17.4. The van der Waals surface area contributed by atoms with E-state index in [9.17, 15) is 18.7 Å². The van der Waals surface area contributed by atoms with Crippen molar-refractivity contribution in [2.75, 3.05) is 18.5 Å². The van der Waals surface area contributed by atoms with Gasteiger partial charge in [-0.2, -0.15) is 0 Å². The molecule has 3 aromatic carbocycles. The normalized spacial score (nSPS) is 21.9. The summed E-state index contributed by atoms with van der Waals surface area (Å²) in [6.07, 6.45) is 0.735. The van der Waals surface area contributed by atoms with Gasteiger partial charge in [-0.25, -0.2) is 8.78 Å². The number of carbonyl (C=O) groups excluding carboxylic acids is 1. The Morgan fingerprint density at radius 3 is 2.58 bits per heavy atom. The third-order valence-corrected chi connectivity index (χ3v) is 6.41. The average Bonchev–Trinajstić information content (AvgIpc) is 3.24. The maximum atomic E-state index is 14.4. The zero-order valence-electron chi connectivity index (χ0n) is 16.8. The van der Waals surface area contributed by atoms with E-state index in [0.717, 1.165) is 23.2 Å². The molecule has 2 aliphatic rings. The Kier molecular flexibility index (Phi) is 4.94. The number of hydrogen-bond acceptors (Lipinski definition) is 3. The zero-order chi connectivity index (χ0) is 21.5. The van der Waals surface area contributed by atoms with Crippen molar-refractivity contribution in [3.63, 3.8) is 0 Å². The minimum Gasteiger partial charge on any atom is -0.394 e. The highest BCUT2D eigenvalue weighted by Gasteiger charge is 2.45. The fourth-order valence-electron chi connectivity index (χ4n) is 4.91. The number of likely N-dealkylation sites (tertiary alicyclic amines) is 1. The van der Waals surface area contributed by atoms with Crippen molar-refractivity contribution in [3.05, 3.63) is 89.5 Å². The number of nitrogens with one attached hydrogen (secondary N) is 1. The Morgan fingerprint density at radius 1 is 1.06 bits per heavy atom. The molecule has 1 fully saturated rings. The molecule has 0 aromatic heterocycles. The van der Waals surface area contributed by atoms with E-state index in [4.69, 9.17) is 0 Å². The van der Waals surface area contributed by atoms with Crippen LogP contribution in [0.2, 0.25) is 0 Å². The van der Waals surface area contributed by atoms with Crippen molar-refractivity contribution in [3.8, 4) is 11.1 Å². The molecule has 0 radical (unpaired) electrons. The quantitative estimate of drug-likeness (QED) is 0.650. The molecule has 0 bridgehead atoms. The van der Waals surface area contributed by atoms with Crippen molar-refractivity contribution in [2.45, 2.75) is 18.5 Å². The lowest BCUT2D eigenvalue weighted by Gasteiger charge is -2.39. The van der Waals surface area contributed by atoms with Crippen LogP contribution in [0.25, 0.3) is 11.1 Å². The molecule has 2 heterocycles. The van der Waals surface area contributed by atoms with Crippen molar-refractivity contribution >= 4 is 11.6 Å². The summed E-state index contributed by atoms with van der Waals surface area (Å²) in [5, 5.41) is 13.3. The molecule has 0 saturated carbocycles. The molecule has 6 heteroatoms. The van der Waals surface area contributed by atoms with Gasteiger partial charge in [0.2, 0.25) is 0 Å². The van der Waals surface area contributed by atoms with Crippen LogP contribution in [-0.2, 0) is 0 Å². The van der Waals surface area contributed by atoms with E-state index in [1.54, 1.807) is 23.1 Å². The van der Waals surface area contributed by atoms with Gasteiger partial charge in [0.15, 0.2) is 0 Å². The lowest BCUT2D eigenvalue weighted by Crippen LogP contribution is -2.42. The van der Waals surface area contributed by atoms with Gasteiger partial charge in [0.05, 0.1) is 18.7 Å². The van der Waals surface area contributed by atoms with Gasteiger partial charge in [-0.15, -0.1) is 0 Å². The summed E-state index contributed by atoms with van der Waals surface area (Å²) in [6.45, 7) is 0.487. The van der Waals surface area contributed by atoms with Crippen LogP contribution in [0.3, 0.4) is 0 Å². The fraction of sp³-hybridized carbons (Fsp3) is 0.240. The number of hydrogen-bond donors (Lipinski definition) is 2. The SMILES string of the molecule is O=C(c1ccc(F)cc1)N1CC[C@@H]2[C@H]1c1cc(-c3ccccc3F)ccc1N[C@@H]2CO. The van der Waals surface area contributed by atoms with Crippen molar-refractivity contribution in [1.82, 2.24) is 4.90 Å². The molecule has 158 valence electrons. The van der Waals surface area contributed by atoms with Crippen LogP contribution in [0.15, 0.2) is 66.7 Å². The van der Waals surface area contributed by atoms with Crippen molar-refractivity contribution in [1.29, 1.82) is 0 Å². The maximum absolute atomic E-state index is 14.4. The van der Waals surface area contributed by atoms with Crippen molar-refractivity contribution in [2.24, 2.45) is 5.92 Å². The number of benzene rings is 3. The molecule has 2 N–H and O–H groups in total. The summed E-state index contributed by atoms with van der Waals surface area (Å²) in [5.41, 5.74) is 3.40. The van der Waals surface area contributed by atoms with Crippen LogP contribution in [0.4, 0.5) is 14.5 Å². The zero-order valence-corrected chi connectivity index (χ0v) is 16.8. The largest absolute Gasteiger partial charge is 0.394 e. The van der Waals surface area contributed by atoms with Gasteiger partial charge in [-0.3, -0.25) is 4.79 Å². The molecule has 0 spiro atoms. The maximum Gasteiger partial charge on any atom is 0.254 e. The molecule has 0 unspecified atom stereocenters. The van der Waals surface area contributed by atoms with E-state index in [0.29, 0.717) is 17.7 Å². The van der Waals surface area contributed by atoms with E-state index in [-0.39, 0.29) is 36.3 Å². The number of aliphatic hydroxyl groups excluding tert-OH is 1. The number of aliphatic hydroxyl groups is 1. The van der Waals surface area contributed by atoms with Crippen LogP contribution in [0, 0.1) is 17.6 Å². The highest BCUT2D eigenvalue weighted by Crippen LogP contribution is 2.47. The Hall–Kier alpha value is -3.25. The van der Waals surface area contributed by atoms with E-state index in [1.807, 2.05) is 18.2 Å². The molecule has 4 nitrogen and oxygen atoms in total. The number of nitrogens with zero attached hydrogens (tertiary/aromatic N) is 1. The molecule has 1 saturated heterocycles. The summed E-state index contributed by atoms with van der Waals surface area (Å²) in [4.78, 5) is 15.1. The molecule has 0 aliphatic carbocycles. The number of fused-ring (bicyclic) bond motifs is 3. The Morgan fingerprint density at radius 2 is 1.84 bits per heavy atom. The van der Waals surface area contributed by atoms with Crippen LogP contribution in [-0.4, -0.2) is 35.1 Å². The standard InChI is InChI=1S/C25H22F2N2O2/c26-17-8-5-15(6-9-17)25(31)29-12-11-19-23(14-30)28-22-10-7-16(13-20(22)24(19)29)18-3-1-2-4-21(18)27/h1-10,13,19,23-24,28,30H,11-12,14H2/t19-,23+,24-/m0/s1. The Bertz CT molecular complexity index is 1130. The number of halogens is 2. The molecular weight excluding hydrogens is 398 g/mol. The Balaban J connectivity index is 1.58. The first-order valence-electron chi connectivity index (χ1n) is 10.4. The fourth-order valence-corrected chi connectivity index (χ4v) is 4.91. The lowest BCUT2D eigenvalue weighted by atomic mass is 9.82. The van der Waals surface area contributed by atoms with E-state index < -0.39 is 5.82 Å². The van der Waals surface area contributed by atoms with E-state index in [2.05, 4.69) is 5.32 Å². The molecule has 1 amide bonds. The molecule has 31 heavy (non-hydrogen) atoms. The summed E-state index contributed by atoms with van der Waals surface area (Å²) >= 11 is 0. The van der Waals surface area contributed by atoms with Crippen LogP contribution < -0.4 is 5.32 Å². The van der Waals surface area contributed by atoms with Crippen molar-refractivity contribution < 1.29 is 18.7 Å². The van der Waals surface area contributed by atoms with E-state index >= 15 is 0 Å². The van der Waals surface area contributed by atoms with Gasteiger partial charge in [-0.1, -0.05) is 24.3 Å². The van der Waals surface area contributed by atoms with Gasteiger partial charge in [0.1, 0.15) is 11.6 Å². The summed E-state index contributed by atoms with van der Waals surface area (Å²) in [7, 11) is 0. The lowest BCUT2D eigenvalue weighted by molar-refractivity contribution is 0.0701. The molecular formula is C25H22F2N2O2. The highest BCUT2D eigenvalue weighted by molar-refractivity contribution is 5.95. The van der Waals surface area contributed by atoms with Crippen LogP contribution >= 0.6 is 0 Å². The van der Waals surface area contributed by atoms with Gasteiger partial charge >= 0.3 is 0 Å². The van der Waals surface area contributed by atoms with Crippen LogP contribution in [0.5, 0.6) is 0 Å². The molecule has 2 aliphatic heterocycles. The molecule has 5 rings (SSSR count). The second kappa shape index (κ2) is 7.78. The minimum absolute atomic E-state index is 0.0257. The minimum atomic E-state index is -0.391. The Labute approximate surface area is 179 Å². The number of anilines is 1. The number of carbonyl (C=O) groups is 1. The second-order valence-electron chi connectivity index (χ2n) is 8.12. The number of amides is 1. The third-order valence-electron chi connectivity index (χ3n) is 6.41. The first-order valence-corrected chi connectivity index (χ1v) is 10.4. The van der Waals surface area contributed by atoms with Gasteiger partial charge in [0, 0.05) is 29.3 Å². The molecule has 3 aromatic rings. The predicted octanol–water partition coefficient (Wildman–Crippen LogP) is 4.62. The highest BCUT2D eigenvalue weighted by atomic mass is 19.1. The number of rotatable bonds is 3. The topological polar surface area (TPSA) is 52.6 Å². The summed E-state index contributed by atoms with van der Waals surface area (Å²) in [5.74, 6) is -0.842. The van der Waals surface area contributed by atoms with E-state index in [1.165, 1.54) is 30.3 Å². The van der Waals surface area contributed by atoms with Gasteiger partial charge < -0.3 is 15.3 Å². The van der Waals surface area contributed by atoms with Gasteiger partial charge in [0.25, 0.3) is 5.91 Å². The second-order valence-corrected chi connectivity index (χ2v) is 8.12. The molecule has 3 atom stereocenters. The van der Waals surface area contributed by atoms with Crippen LogP contribution in [0.1, 0.15) is 28.4 Å². The first kappa shape index (κ1) is 19.7. The summed E-state index contributed by atoms with van der Waals surface area (Å²) < 4.78 is 27.7. The third kappa shape index (κ3) is 3.37.